The van der Waals surface area contributed by atoms with Gasteiger partial charge in [-0.1, -0.05) is 39.0 Å². The maximum Gasteiger partial charge on any atom is 0.422 e. The maximum atomic E-state index is 11.5. The number of hydrogen-bond acceptors (Lipinski definition) is 16. The minimum absolute atomic E-state index is 0.0104. The molecule has 0 N–H and O–H groups in total. The number of carbonyl (C=O) groups excluding carboxylic acids is 5. The first-order chi connectivity index (χ1) is 29.1. The van der Waals surface area contributed by atoms with Crippen LogP contribution in [0.4, 0.5) is 13.2 Å². The number of rotatable bonds is 13. The van der Waals surface area contributed by atoms with Crippen LogP contribution in [0.2, 0.25) is 0 Å². The van der Waals surface area contributed by atoms with Crippen molar-refractivity contribution < 1.29 is 89.2 Å². The largest absolute Gasteiger partial charge is 0.505 e. The van der Waals surface area contributed by atoms with Crippen molar-refractivity contribution >= 4 is 29.5 Å². The number of methoxy groups -OCH3 is 7. The van der Waals surface area contributed by atoms with Crippen molar-refractivity contribution in [1.29, 1.82) is 0 Å². The predicted molar refractivity (Wildman–Crippen MR) is 234 cm³/mol. The third-order valence-corrected chi connectivity index (χ3v) is 6.52. The van der Waals surface area contributed by atoms with Crippen LogP contribution >= 0.6 is 0 Å². The zero-order valence-corrected chi connectivity index (χ0v) is 39.9. The average molecular weight is 917 g/mol. The summed E-state index contributed by atoms with van der Waals surface area (Å²) in [6.07, 6.45) is 2.16. The fourth-order valence-electron chi connectivity index (χ4n) is 2.31. The molecule has 0 aromatic heterocycles. The maximum absolute atomic E-state index is 11.5. The number of ketones is 2. The van der Waals surface area contributed by atoms with Gasteiger partial charge in [-0.15, -0.1) is 6.58 Å². The normalized spacial score (nSPS) is 18.7. The topological polar surface area (TPSA) is 200 Å². The number of carbonyl (C=O) groups is 5. The van der Waals surface area contributed by atoms with E-state index in [0.717, 1.165) is 52.3 Å². The van der Waals surface area contributed by atoms with Crippen molar-refractivity contribution in [3.05, 3.63) is 75.1 Å². The molecule has 4 unspecified atom stereocenters. The molecule has 0 aliphatic carbocycles. The van der Waals surface area contributed by atoms with Crippen LogP contribution in [0.1, 0.15) is 54.9 Å². The molecular weight excluding hydrogens is 841 g/mol. The molecule has 19 heteroatoms. The zero-order chi connectivity index (χ0) is 50.8. The van der Waals surface area contributed by atoms with Gasteiger partial charge < -0.3 is 52.1 Å². The minimum atomic E-state index is -4.69. The summed E-state index contributed by atoms with van der Waals surface area (Å²) in [5, 5.41) is 0. The summed E-state index contributed by atoms with van der Waals surface area (Å²) < 4.78 is 84.8. The van der Waals surface area contributed by atoms with Gasteiger partial charge in [0.05, 0.1) is 98.6 Å². The Balaban J connectivity index is -0.000000145. The van der Waals surface area contributed by atoms with Crippen molar-refractivity contribution in [2.24, 2.45) is 0 Å². The SMILES string of the molecule is C=C(C(=O)OC)C(F)(F)F.C=C(C)C(=O)OC.C=CC(=O)CC(C)=O.C=CC(=O)OC.C=CCOC.C=COC.CC1CO1.CC1OC1(C)C.COCC1(C)CO1.COCC1CO1. The van der Waals surface area contributed by atoms with E-state index in [1.807, 2.05) is 6.92 Å². The van der Waals surface area contributed by atoms with Crippen molar-refractivity contribution in [2.75, 3.05) is 89.4 Å². The van der Waals surface area contributed by atoms with E-state index in [-0.39, 0.29) is 35.2 Å². The summed E-state index contributed by atoms with van der Waals surface area (Å²) in [6, 6.07) is 0. The lowest BCUT2D eigenvalue weighted by Crippen LogP contribution is -2.19. The number of Topliss-reactive ketones (excluding diaryl/α,β-unsaturated/α-hetero) is 1. The highest BCUT2D eigenvalue weighted by Gasteiger charge is 2.43. The van der Waals surface area contributed by atoms with Crippen molar-refractivity contribution in [1.82, 2.24) is 0 Å². The molecule has 0 radical (unpaired) electrons. The number of epoxide rings is 4. The Morgan fingerprint density at radius 2 is 1.19 bits per heavy atom. The number of allylic oxidation sites excluding steroid dienone is 1. The number of halogens is 3. The van der Waals surface area contributed by atoms with Gasteiger partial charge in [-0.05, 0) is 54.5 Å². The molecule has 0 saturated carbocycles. The molecule has 4 heterocycles. The van der Waals surface area contributed by atoms with Crippen LogP contribution in [0, 0.1) is 0 Å². The summed E-state index contributed by atoms with van der Waals surface area (Å²) in [5.41, 5.74) is -0.771. The molecule has 0 bridgehead atoms. The van der Waals surface area contributed by atoms with Crippen LogP contribution in [-0.4, -0.2) is 155 Å². The van der Waals surface area contributed by atoms with E-state index < -0.39 is 23.7 Å². The monoisotopic (exact) mass is 917 g/mol. The molecule has 4 rings (SSSR count). The molecule has 0 amide bonds. The van der Waals surface area contributed by atoms with E-state index in [4.69, 9.17) is 28.4 Å². The average Bonchev–Trinajstić information content (AvgIpc) is 4.06. The van der Waals surface area contributed by atoms with Crippen LogP contribution in [-0.2, 0) is 76.1 Å². The molecule has 4 aliphatic heterocycles. The molecule has 0 aromatic rings. The van der Waals surface area contributed by atoms with Gasteiger partial charge >= 0.3 is 24.1 Å². The molecule has 4 saturated heterocycles. The molecule has 4 fully saturated rings. The Labute approximate surface area is 373 Å². The summed E-state index contributed by atoms with van der Waals surface area (Å²) in [6.45, 7) is 37.1. The Kier molecular flexibility index (Phi) is 47.7. The molecule has 4 atom stereocenters. The van der Waals surface area contributed by atoms with Crippen LogP contribution in [0.25, 0.3) is 0 Å². The van der Waals surface area contributed by atoms with Gasteiger partial charge in [0.2, 0.25) is 0 Å². The van der Waals surface area contributed by atoms with Gasteiger partial charge in [0.1, 0.15) is 23.1 Å². The summed E-state index contributed by atoms with van der Waals surface area (Å²) >= 11 is 0. The van der Waals surface area contributed by atoms with Gasteiger partial charge in [0.25, 0.3) is 0 Å². The van der Waals surface area contributed by atoms with Crippen LogP contribution in [0.15, 0.2) is 75.1 Å². The van der Waals surface area contributed by atoms with E-state index in [1.165, 1.54) is 27.4 Å². The van der Waals surface area contributed by atoms with Crippen molar-refractivity contribution in [2.45, 2.75) is 90.6 Å². The molecule has 4 aliphatic rings. The second-order valence-corrected chi connectivity index (χ2v) is 13.3. The lowest BCUT2D eigenvalue weighted by Gasteiger charge is -2.05. The van der Waals surface area contributed by atoms with Gasteiger partial charge in [-0.25, -0.2) is 14.4 Å². The Morgan fingerprint density at radius 3 is 1.25 bits per heavy atom. The first-order valence-electron chi connectivity index (χ1n) is 18.8. The standard InChI is InChI=1S/C6H8O2.C5H5F3O2.C5H10O2.C5H8O2.C5H10O.C4H8O2.C4H6O2.C4H8O.2C3H6O/c1-3-6(8)4-5(2)7;1-3(4(9)10-2)5(6,7)8;1-5(3-6-2)4-7-5;1-4(2)5(6)7-3;1-4-5(2,3)6-4;1-5-2-4-3-6-4;1-3-4(5)6-2;1-3-4-5-2;1-3-2-4-3;1-3-4-2/h3H,1,4H2,2H3;1H2,2H3;3-4H2,1-2H3;1H2,2-3H3;4H,1-3H3;4H,2-3H2,1H3;3H,1H2,2H3;3H,1,4H2,2H3;3H,2H2,1H3;3H,1H2,2H3. The smallest absolute Gasteiger partial charge is 0.422 e. The lowest BCUT2D eigenvalue weighted by atomic mass is 10.2. The molecule has 368 valence electrons. The van der Waals surface area contributed by atoms with Crippen molar-refractivity contribution in [3.63, 3.8) is 0 Å². The fraction of sp³-hybridized carbons (Fsp3) is 0.614. The van der Waals surface area contributed by atoms with E-state index in [2.05, 4.69) is 90.9 Å². The Hall–Kier alpha value is -4.50. The first-order valence-corrected chi connectivity index (χ1v) is 18.8. The highest BCUT2D eigenvalue weighted by atomic mass is 19.4. The number of alkyl halides is 3. The third kappa shape index (κ3) is 61.9. The lowest BCUT2D eigenvalue weighted by molar-refractivity contribution is -0.148. The molecular formula is C44H75F3O16. The first kappa shape index (κ1) is 70.2. The zero-order valence-electron chi connectivity index (χ0n) is 39.9. The van der Waals surface area contributed by atoms with E-state index in [1.54, 1.807) is 41.4 Å². The second-order valence-electron chi connectivity index (χ2n) is 13.3. The Morgan fingerprint density at radius 1 is 0.762 bits per heavy atom. The third-order valence-electron chi connectivity index (χ3n) is 6.52. The quantitative estimate of drug-likeness (QED) is 0.0358. The summed E-state index contributed by atoms with van der Waals surface area (Å²) in [7, 11) is 10.1. The number of hydrogen-bond donors (Lipinski definition) is 0. The van der Waals surface area contributed by atoms with Gasteiger partial charge in [-0.2, -0.15) is 13.2 Å². The molecule has 63 heavy (non-hydrogen) atoms. The highest BCUT2D eigenvalue weighted by molar-refractivity contribution is 6.03. The highest BCUT2D eigenvalue weighted by Crippen LogP contribution is 2.34. The predicted octanol–water partition coefficient (Wildman–Crippen LogP) is 6.72. The van der Waals surface area contributed by atoms with Gasteiger partial charge in [0.15, 0.2) is 5.78 Å². The van der Waals surface area contributed by atoms with Gasteiger partial charge in [-0.3, -0.25) is 9.59 Å². The number of ether oxygens (including phenoxy) is 11. The van der Waals surface area contributed by atoms with E-state index in [9.17, 15) is 37.1 Å². The minimum Gasteiger partial charge on any atom is -0.505 e. The molecule has 0 aromatic carbocycles. The fourth-order valence-corrected chi connectivity index (χ4v) is 2.31. The second kappa shape index (κ2) is 42.8. The summed E-state index contributed by atoms with van der Waals surface area (Å²) in [5.74, 6) is -2.52. The van der Waals surface area contributed by atoms with Gasteiger partial charge in [0, 0.05) is 33.0 Å². The van der Waals surface area contributed by atoms with Crippen LogP contribution in [0.3, 0.4) is 0 Å². The molecule has 0 spiro atoms. The molecule has 16 nitrogen and oxygen atoms in total. The number of esters is 3. The van der Waals surface area contributed by atoms with Crippen LogP contribution < -0.4 is 0 Å². The summed E-state index contributed by atoms with van der Waals surface area (Å²) in [4.78, 5) is 50.6. The van der Waals surface area contributed by atoms with E-state index >= 15 is 0 Å². The van der Waals surface area contributed by atoms with Crippen LogP contribution in [0.5, 0.6) is 0 Å². The van der Waals surface area contributed by atoms with E-state index in [0.29, 0.717) is 30.5 Å². The Bertz CT molecular complexity index is 1320. The van der Waals surface area contributed by atoms with Crippen molar-refractivity contribution in [3.8, 4) is 0 Å².